The first-order valence-corrected chi connectivity index (χ1v) is 6.49. The highest BCUT2D eigenvalue weighted by atomic mass is 79.9. The molecule has 0 aliphatic carbocycles. The SMILES string of the molecule is N#Cc1ccc(Nc2cccc(OC(F)(F)F)c2)cc1Br. The van der Waals surface area contributed by atoms with E-state index in [9.17, 15) is 13.2 Å². The molecule has 3 nitrogen and oxygen atoms in total. The van der Waals surface area contributed by atoms with E-state index in [1.54, 1.807) is 24.3 Å². The van der Waals surface area contributed by atoms with Crippen LogP contribution in [-0.2, 0) is 0 Å². The number of halogens is 4. The molecule has 2 rings (SSSR count). The average molecular weight is 357 g/mol. The molecular formula is C14H8BrF3N2O. The van der Waals surface area contributed by atoms with Crippen molar-refractivity contribution in [1.82, 2.24) is 0 Å². The molecule has 21 heavy (non-hydrogen) atoms. The van der Waals surface area contributed by atoms with E-state index in [-0.39, 0.29) is 5.75 Å². The van der Waals surface area contributed by atoms with Crippen molar-refractivity contribution in [2.24, 2.45) is 0 Å². The van der Waals surface area contributed by atoms with Crippen LogP contribution in [0.3, 0.4) is 0 Å². The largest absolute Gasteiger partial charge is 0.573 e. The van der Waals surface area contributed by atoms with Gasteiger partial charge in [0, 0.05) is 21.9 Å². The van der Waals surface area contributed by atoms with E-state index in [1.807, 2.05) is 6.07 Å². The molecule has 0 saturated heterocycles. The maximum absolute atomic E-state index is 12.2. The summed E-state index contributed by atoms with van der Waals surface area (Å²) in [4.78, 5) is 0. The van der Waals surface area contributed by atoms with E-state index in [2.05, 4.69) is 26.0 Å². The molecule has 0 saturated carbocycles. The minimum Gasteiger partial charge on any atom is -0.406 e. The van der Waals surface area contributed by atoms with Gasteiger partial charge in [0.2, 0.25) is 0 Å². The second kappa shape index (κ2) is 6.06. The van der Waals surface area contributed by atoms with Crippen molar-refractivity contribution in [3.63, 3.8) is 0 Å². The number of hydrogen-bond acceptors (Lipinski definition) is 3. The zero-order valence-corrected chi connectivity index (χ0v) is 12.0. The quantitative estimate of drug-likeness (QED) is 0.844. The first kappa shape index (κ1) is 15.2. The van der Waals surface area contributed by atoms with Gasteiger partial charge in [-0.3, -0.25) is 0 Å². The van der Waals surface area contributed by atoms with Gasteiger partial charge in [0.25, 0.3) is 0 Å². The molecule has 108 valence electrons. The van der Waals surface area contributed by atoms with Gasteiger partial charge in [-0.15, -0.1) is 13.2 Å². The van der Waals surface area contributed by atoms with Crippen molar-refractivity contribution in [2.45, 2.75) is 6.36 Å². The van der Waals surface area contributed by atoms with E-state index in [0.717, 1.165) is 0 Å². The van der Waals surface area contributed by atoms with Crippen LogP contribution in [0.25, 0.3) is 0 Å². The summed E-state index contributed by atoms with van der Waals surface area (Å²) >= 11 is 3.24. The van der Waals surface area contributed by atoms with E-state index < -0.39 is 6.36 Å². The fourth-order valence-electron chi connectivity index (χ4n) is 1.62. The Morgan fingerprint density at radius 2 is 1.81 bits per heavy atom. The summed E-state index contributed by atoms with van der Waals surface area (Å²) in [7, 11) is 0. The van der Waals surface area contributed by atoms with Gasteiger partial charge in [-0.2, -0.15) is 5.26 Å². The Morgan fingerprint density at radius 1 is 1.10 bits per heavy atom. The Balaban J connectivity index is 2.18. The third-order valence-electron chi connectivity index (χ3n) is 2.45. The smallest absolute Gasteiger partial charge is 0.406 e. The number of nitriles is 1. The Kier molecular flexibility index (Phi) is 4.38. The van der Waals surface area contributed by atoms with E-state index in [1.165, 1.54) is 18.2 Å². The lowest BCUT2D eigenvalue weighted by Crippen LogP contribution is -2.17. The standard InChI is InChI=1S/C14H8BrF3N2O/c15-13-7-11(5-4-9(13)8-19)20-10-2-1-3-12(6-10)21-14(16,17)18/h1-7,20H. The van der Waals surface area contributed by atoms with Crippen molar-refractivity contribution < 1.29 is 17.9 Å². The topological polar surface area (TPSA) is 45.0 Å². The molecule has 0 fully saturated rings. The summed E-state index contributed by atoms with van der Waals surface area (Å²) < 4.78 is 40.9. The van der Waals surface area contributed by atoms with E-state index >= 15 is 0 Å². The highest BCUT2D eigenvalue weighted by Gasteiger charge is 2.31. The van der Waals surface area contributed by atoms with Crippen LogP contribution < -0.4 is 10.1 Å². The zero-order valence-electron chi connectivity index (χ0n) is 10.4. The summed E-state index contributed by atoms with van der Waals surface area (Å²) in [5.74, 6) is -0.305. The van der Waals surface area contributed by atoms with Gasteiger partial charge >= 0.3 is 6.36 Å². The lowest BCUT2D eigenvalue weighted by atomic mass is 10.2. The second-order valence-corrected chi connectivity index (χ2v) is 4.86. The van der Waals surface area contributed by atoms with Crippen molar-refractivity contribution >= 4 is 27.3 Å². The predicted molar refractivity (Wildman–Crippen MR) is 75.3 cm³/mol. The number of benzene rings is 2. The van der Waals surface area contributed by atoms with Gasteiger partial charge in [0.15, 0.2) is 0 Å². The minimum atomic E-state index is -4.73. The van der Waals surface area contributed by atoms with Crippen LogP contribution in [0.5, 0.6) is 5.75 Å². The Morgan fingerprint density at radius 3 is 2.43 bits per heavy atom. The third-order valence-corrected chi connectivity index (χ3v) is 3.10. The van der Waals surface area contributed by atoms with E-state index in [0.29, 0.717) is 21.4 Å². The maximum Gasteiger partial charge on any atom is 0.573 e. The summed E-state index contributed by atoms with van der Waals surface area (Å²) in [5.41, 5.74) is 1.54. The molecule has 0 atom stereocenters. The maximum atomic E-state index is 12.2. The fraction of sp³-hybridized carbons (Fsp3) is 0.0714. The molecule has 2 aromatic carbocycles. The van der Waals surface area contributed by atoms with Gasteiger partial charge in [0.1, 0.15) is 11.8 Å². The van der Waals surface area contributed by atoms with Gasteiger partial charge in [0.05, 0.1) is 5.56 Å². The summed E-state index contributed by atoms with van der Waals surface area (Å²) in [6.45, 7) is 0. The summed E-state index contributed by atoms with van der Waals surface area (Å²) in [5, 5.41) is 11.8. The molecule has 0 amide bonds. The number of nitrogens with zero attached hydrogens (tertiary/aromatic N) is 1. The van der Waals surface area contributed by atoms with Crippen LogP contribution in [0.15, 0.2) is 46.9 Å². The zero-order chi connectivity index (χ0) is 15.5. The van der Waals surface area contributed by atoms with Gasteiger partial charge in [-0.25, -0.2) is 0 Å². The van der Waals surface area contributed by atoms with Gasteiger partial charge in [-0.1, -0.05) is 6.07 Å². The molecule has 2 aromatic rings. The second-order valence-electron chi connectivity index (χ2n) is 4.01. The first-order chi connectivity index (χ1) is 9.87. The number of nitrogens with one attached hydrogen (secondary N) is 1. The highest BCUT2D eigenvalue weighted by Crippen LogP contribution is 2.28. The fourth-order valence-corrected chi connectivity index (χ4v) is 2.09. The molecule has 1 N–H and O–H groups in total. The number of anilines is 2. The Labute approximate surface area is 127 Å². The molecule has 0 aromatic heterocycles. The molecule has 7 heteroatoms. The van der Waals surface area contributed by atoms with Gasteiger partial charge < -0.3 is 10.1 Å². The van der Waals surface area contributed by atoms with Gasteiger partial charge in [-0.05, 0) is 46.3 Å². The molecule has 0 unspecified atom stereocenters. The van der Waals surface area contributed by atoms with Crippen molar-refractivity contribution in [2.75, 3.05) is 5.32 Å². The van der Waals surface area contributed by atoms with Crippen LogP contribution in [0.1, 0.15) is 5.56 Å². The molecule has 0 aliphatic rings. The van der Waals surface area contributed by atoms with Crippen LogP contribution in [0.4, 0.5) is 24.5 Å². The normalized spacial score (nSPS) is 10.8. The molecule has 0 heterocycles. The summed E-state index contributed by atoms with van der Waals surface area (Å²) in [6.07, 6.45) is -4.73. The number of ether oxygens (including phenoxy) is 1. The minimum absolute atomic E-state index is 0.305. The van der Waals surface area contributed by atoms with Crippen LogP contribution in [0.2, 0.25) is 0 Å². The Bertz CT molecular complexity index is 695. The third kappa shape index (κ3) is 4.39. The molecule has 0 radical (unpaired) electrons. The van der Waals surface area contributed by atoms with Crippen LogP contribution >= 0.6 is 15.9 Å². The van der Waals surface area contributed by atoms with Crippen molar-refractivity contribution in [1.29, 1.82) is 5.26 Å². The van der Waals surface area contributed by atoms with E-state index in [4.69, 9.17) is 5.26 Å². The number of rotatable bonds is 3. The molecular weight excluding hydrogens is 349 g/mol. The molecule has 0 bridgehead atoms. The first-order valence-electron chi connectivity index (χ1n) is 5.70. The lowest BCUT2D eigenvalue weighted by Gasteiger charge is -2.11. The molecule has 0 spiro atoms. The summed E-state index contributed by atoms with van der Waals surface area (Å²) in [6, 6.07) is 12.4. The predicted octanol–water partition coefficient (Wildman–Crippen LogP) is 4.96. The molecule has 0 aliphatic heterocycles. The lowest BCUT2D eigenvalue weighted by molar-refractivity contribution is -0.274. The Hall–Kier alpha value is -2.20. The van der Waals surface area contributed by atoms with Crippen LogP contribution in [-0.4, -0.2) is 6.36 Å². The number of alkyl halides is 3. The van der Waals surface area contributed by atoms with Crippen molar-refractivity contribution in [3.05, 3.63) is 52.5 Å². The highest BCUT2D eigenvalue weighted by molar-refractivity contribution is 9.10. The monoisotopic (exact) mass is 356 g/mol. The van der Waals surface area contributed by atoms with Crippen molar-refractivity contribution in [3.8, 4) is 11.8 Å². The van der Waals surface area contributed by atoms with Crippen LogP contribution in [0, 0.1) is 11.3 Å². The number of hydrogen-bond donors (Lipinski definition) is 1. The average Bonchev–Trinajstić information content (AvgIpc) is 2.37.